The summed E-state index contributed by atoms with van der Waals surface area (Å²) >= 11 is 0. The average molecular weight is 208 g/mol. The fourth-order valence-corrected chi connectivity index (χ4v) is 1.51. The molecular formula is C10H16N4O. The van der Waals surface area contributed by atoms with Crippen LogP contribution in [0.1, 0.15) is 30.8 Å². The van der Waals surface area contributed by atoms with Gasteiger partial charge in [0.25, 0.3) is 0 Å². The van der Waals surface area contributed by atoms with E-state index in [1.807, 2.05) is 11.6 Å². The summed E-state index contributed by atoms with van der Waals surface area (Å²) in [7, 11) is 1.67. The zero-order valence-electron chi connectivity index (χ0n) is 9.40. The first kappa shape index (κ1) is 11.7. The number of nitrogens with zero attached hydrogens (tertiary/aromatic N) is 4. The van der Waals surface area contributed by atoms with Gasteiger partial charge in [0, 0.05) is 7.11 Å². The van der Waals surface area contributed by atoms with E-state index in [1.54, 1.807) is 7.11 Å². The highest BCUT2D eigenvalue weighted by Gasteiger charge is 2.15. The second-order valence-electron chi connectivity index (χ2n) is 3.42. The normalized spacial score (nSPS) is 12.4. The minimum atomic E-state index is 0.204. The van der Waals surface area contributed by atoms with E-state index in [1.165, 1.54) is 0 Å². The number of rotatable bonds is 5. The Morgan fingerprint density at radius 2 is 2.33 bits per heavy atom. The third-order valence-corrected chi connectivity index (χ3v) is 2.45. The van der Waals surface area contributed by atoms with Crippen LogP contribution in [0.5, 0.6) is 0 Å². The maximum absolute atomic E-state index is 8.60. The van der Waals surface area contributed by atoms with Gasteiger partial charge in [0.05, 0.1) is 36.5 Å². The van der Waals surface area contributed by atoms with Crippen LogP contribution in [0.15, 0.2) is 0 Å². The van der Waals surface area contributed by atoms with Crippen LogP contribution in [0.2, 0.25) is 0 Å². The molecule has 0 aliphatic heterocycles. The number of hydrogen-bond acceptors (Lipinski definition) is 4. The molecule has 1 aromatic heterocycles. The molecule has 0 fully saturated rings. The van der Waals surface area contributed by atoms with E-state index >= 15 is 0 Å². The van der Waals surface area contributed by atoms with Crippen LogP contribution in [0.25, 0.3) is 0 Å². The van der Waals surface area contributed by atoms with Crippen LogP contribution in [0.3, 0.4) is 0 Å². The van der Waals surface area contributed by atoms with Crippen molar-refractivity contribution in [3.05, 3.63) is 11.4 Å². The molecule has 5 nitrogen and oxygen atoms in total. The van der Waals surface area contributed by atoms with Gasteiger partial charge in [-0.25, -0.2) is 4.68 Å². The second-order valence-corrected chi connectivity index (χ2v) is 3.42. The lowest BCUT2D eigenvalue weighted by Crippen LogP contribution is -2.16. The molecule has 0 amide bonds. The molecule has 0 N–H and O–H groups in total. The van der Waals surface area contributed by atoms with Crippen molar-refractivity contribution in [3.8, 4) is 6.07 Å². The van der Waals surface area contributed by atoms with Gasteiger partial charge in [0.15, 0.2) is 0 Å². The molecular weight excluding hydrogens is 192 g/mol. The molecule has 0 saturated heterocycles. The lowest BCUT2D eigenvalue weighted by atomic mass is 10.2. The molecule has 0 bridgehead atoms. The Balaban J connectivity index is 2.89. The van der Waals surface area contributed by atoms with Gasteiger partial charge in [-0.05, 0) is 13.3 Å². The van der Waals surface area contributed by atoms with E-state index in [9.17, 15) is 0 Å². The molecule has 1 unspecified atom stereocenters. The molecule has 1 aromatic rings. The van der Waals surface area contributed by atoms with E-state index in [0.717, 1.165) is 17.8 Å². The summed E-state index contributed by atoms with van der Waals surface area (Å²) in [5.41, 5.74) is 1.72. The number of ether oxygens (including phenoxy) is 1. The highest BCUT2D eigenvalue weighted by Crippen LogP contribution is 2.15. The molecule has 1 atom stereocenters. The number of methoxy groups -OCH3 is 1. The van der Waals surface area contributed by atoms with Crippen molar-refractivity contribution in [2.75, 3.05) is 13.7 Å². The second kappa shape index (κ2) is 5.47. The van der Waals surface area contributed by atoms with Gasteiger partial charge < -0.3 is 4.74 Å². The van der Waals surface area contributed by atoms with Crippen LogP contribution in [-0.4, -0.2) is 28.7 Å². The predicted octanol–water partition coefficient (Wildman–Crippen LogP) is 1.25. The van der Waals surface area contributed by atoms with Crippen molar-refractivity contribution in [3.63, 3.8) is 0 Å². The zero-order valence-corrected chi connectivity index (χ0v) is 9.40. The van der Waals surface area contributed by atoms with Gasteiger partial charge in [0.1, 0.15) is 0 Å². The molecule has 5 heteroatoms. The Kier molecular flexibility index (Phi) is 4.25. The minimum Gasteiger partial charge on any atom is -0.382 e. The third-order valence-electron chi connectivity index (χ3n) is 2.45. The predicted molar refractivity (Wildman–Crippen MR) is 55.3 cm³/mol. The summed E-state index contributed by atoms with van der Waals surface area (Å²) in [4.78, 5) is 0. The van der Waals surface area contributed by atoms with Crippen molar-refractivity contribution >= 4 is 0 Å². The molecule has 1 rings (SSSR count). The van der Waals surface area contributed by atoms with Gasteiger partial charge in [0.2, 0.25) is 0 Å². The molecule has 0 aliphatic rings. The summed E-state index contributed by atoms with van der Waals surface area (Å²) in [6.07, 6.45) is 1.25. The number of hydrogen-bond donors (Lipinski definition) is 0. The van der Waals surface area contributed by atoms with Gasteiger partial charge in [-0.1, -0.05) is 12.1 Å². The first-order chi connectivity index (χ1) is 7.24. The quantitative estimate of drug-likeness (QED) is 0.730. The van der Waals surface area contributed by atoms with Gasteiger partial charge in [-0.15, -0.1) is 5.10 Å². The maximum atomic E-state index is 8.60. The third kappa shape index (κ3) is 2.54. The monoisotopic (exact) mass is 208 g/mol. The molecule has 0 radical (unpaired) electrons. The van der Waals surface area contributed by atoms with Gasteiger partial charge in [-0.2, -0.15) is 5.26 Å². The summed E-state index contributed by atoms with van der Waals surface area (Å²) in [5, 5.41) is 16.7. The van der Waals surface area contributed by atoms with Crippen LogP contribution in [0.4, 0.5) is 0 Å². The van der Waals surface area contributed by atoms with Gasteiger partial charge >= 0.3 is 0 Å². The Morgan fingerprint density at radius 1 is 1.60 bits per heavy atom. The summed E-state index contributed by atoms with van der Waals surface area (Å²) in [6, 6.07) is 2.28. The standard InChI is InChI=1S/C10H16N4O/c1-4-9(7-15-3)14-8(2)10(5-6-11)12-13-14/h9H,4-5,7H2,1-3H3. The highest BCUT2D eigenvalue weighted by molar-refractivity contribution is 5.12. The van der Waals surface area contributed by atoms with E-state index in [0.29, 0.717) is 13.0 Å². The molecule has 0 aliphatic carbocycles. The molecule has 0 saturated carbocycles. The summed E-state index contributed by atoms with van der Waals surface area (Å²) in [5.74, 6) is 0. The van der Waals surface area contributed by atoms with Crippen molar-refractivity contribution in [2.24, 2.45) is 0 Å². The molecule has 0 spiro atoms. The largest absolute Gasteiger partial charge is 0.382 e. The molecule has 1 heterocycles. The Bertz CT molecular complexity index is 353. The average Bonchev–Trinajstić information content (AvgIpc) is 2.58. The SMILES string of the molecule is CCC(COC)n1nnc(CC#N)c1C. The van der Waals surface area contributed by atoms with Crippen LogP contribution in [-0.2, 0) is 11.2 Å². The van der Waals surface area contributed by atoms with E-state index in [-0.39, 0.29) is 6.04 Å². The van der Waals surface area contributed by atoms with Crippen LogP contribution < -0.4 is 0 Å². The molecule has 0 aromatic carbocycles. The topological polar surface area (TPSA) is 63.7 Å². The van der Waals surface area contributed by atoms with Crippen molar-refractivity contribution in [2.45, 2.75) is 32.7 Å². The number of aromatic nitrogens is 3. The van der Waals surface area contributed by atoms with Crippen molar-refractivity contribution in [1.82, 2.24) is 15.0 Å². The van der Waals surface area contributed by atoms with Crippen LogP contribution >= 0.6 is 0 Å². The van der Waals surface area contributed by atoms with E-state index in [4.69, 9.17) is 10.00 Å². The smallest absolute Gasteiger partial charge is 0.0996 e. The van der Waals surface area contributed by atoms with Crippen LogP contribution in [0, 0.1) is 18.3 Å². The summed E-state index contributed by atoms with van der Waals surface area (Å²) in [6.45, 7) is 4.63. The first-order valence-corrected chi connectivity index (χ1v) is 5.01. The fourth-order valence-electron chi connectivity index (χ4n) is 1.51. The van der Waals surface area contributed by atoms with Crippen molar-refractivity contribution in [1.29, 1.82) is 5.26 Å². The van der Waals surface area contributed by atoms with Gasteiger partial charge in [-0.3, -0.25) is 0 Å². The number of nitriles is 1. The van der Waals surface area contributed by atoms with Crippen molar-refractivity contribution < 1.29 is 4.74 Å². The Labute approximate surface area is 89.7 Å². The van der Waals surface area contributed by atoms with E-state index < -0.39 is 0 Å². The first-order valence-electron chi connectivity index (χ1n) is 5.01. The Morgan fingerprint density at radius 3 is 2.87 bits per heavy atom. The molecule has 82 valence electrons. The maximum Gasteiger partial charge on any atom is 0.0996 e. The lowest BCUT2D eigenvalue weighted by molar-refractivity contribution is 0.145. The highest BCUT2D eigenvalue weighted by atomic mass is 16.5. The zero-order chi connectivity index (χ0) is 11.3. The summed E-state index contributed by atoms with van der Waals surface area (Å²) < 4.78 is 6.96. The lowest BCUT2D eigenvalue weighted by Gasteiger charge is -2.15. The minimum absolute atomic E-state index is 0.204. The fraction of sp³-hybridized carbons (Fsp3) is 0.700. The van der Waals surface area contributed by atoms with E-state index in [2.05, 4.69) is 23.3 Å². The molecule has 15 heavy (non-hydrogen) atoms. The Hall–Kier alpha value is -1.41.